The Balaban J connectivity index is 0.000000482. The summed E-state index contributed by atoms with van der Waals surface area (Å²) in [6, 6.07) is 13.7. The van der Waals surface area contributed by atoms with Gasteiger partial charge in [0.1, 0.15) is 11.8 Å². The number of aromatic hydroxyl groups is 1. The summed E-state index contributed by atoms with van der Waals surface area (Å²) in [5, 5.41) is 14.2. The number of nitrogens with two attached hydrogens (primary N) is 2. The Kier molecular flexibility index (Phi) is 11.7. The Morgan fingerprint density at radius 2 is 1.69 bits per heavy atom. The van der Waals surface area contributed by atoms with E-state index in [1.54, 1.807) is 18.3 Å². The molecule has 1 unspecified atom stereocenters. The third kappa shape index (κ3) is 10.4. The number of rotatable bonds is 11. The summed E-state index contributed by atoms with van der Waals surface area (Å²) in [5.74, 6) is -1.57. The van der Waals surface area contributed by atoms with Gasteiger partial charge >= 0.3 is 0 Å². The highest BCUT2D eigenvalue weighted by Crippen LogP contribution is 2.10. The number of nitrogens with one attached hydrogen (secondary N) is 2. The van der Waals surface area contributed by atoms with Crippen LogP contribution in [0.2, 0.25) is 0 Å². The van der Waals surface area contributed by atoms with Crippen molar-refractivity contribution >= 4 is 17.7 Å². The molecule has 0 saturated heterocycles. The summed E-state index contributed by atoms with van der Waals surface area (Å²) < 4.78 is 2.07. The zero-order valence-corrected chi connectivity index (χ0v) is 20.3. The number of phenols is 1. The van der Waals surface area contributed by atoms with Crippen LogP contribution in [-0.2, 0) is 33.8 Å². The number of carbonyl (C=O) groups is 3. The average Bonchev–Trinajstić information content (AvgIpc) is 3.38. The quantitative estimate of drug-likeness (QED) is 0.265. The van der Waals surface area contributed by atoms with Crippen molar-refractivity contribution in [2.45, 2.75) is 44.8 Å². The van der Waals surface area contributed by atoms with E-state index in [-0.39, 0.29) is 25.1 Å². The number of hydrogen-bond acceptors (Lipinski definition) is 6. The van der Waals surface area contributed by atoms with Crippen LogP contribution < -0.4 is 22.1 Å². The predicted molar refractivity (Wildman–Crippen MR) is 137 cm³/mol. The predicted octanol–water partition coefficient (Wildman–Crippen LogP) is 0.884. The Labute approximate surface area is 210 Å². The van der Waals surface area contributed by atoms with Gasteiger partial charge in [-0.15, -0.1) is 0 Å². The smallest absolute Gasteiger partial charge is 0.240 e. The first-order valence-corrected chi connectivity index (χ1v) is 11.7. The van der Waals surface area contributed by atoms with E-state index < -0.39 is 29.8 Å². The highest BCUT2D eigenvalue weighted by Gasteiger charge is 2.20. The SMILES string of the molecule is CCCn1ccnc1.NC(=O)[C@H](Cc1ccccc1)NC(=O)CNC(=O)C(N)Cc1ccc(O)cc1. The minimum atomic E-state index is -0.877. The number of benzene rings is 2. The number of primary amides is 1. The standard InChI is InChI=1S/C20H24N4O4.C6H10N2/c21-16(10-14-6-8-15(25)9-7-14)20(28)23-12-18(26)24-17(19(22)27)11-13-4-2-1-3-5-13;1-2-4-8-5-3-7-6-8/h1-9,16-17,25H,10-12,21H2,(H2,22,27)(H,23,28)(H,24,26);3,5-6H,2,4H2,1H3/t16?,17-;/m0./s1. The van der Waals surface area contributed by atoms with Crippen molar-refractivity contribution in [1.82, 2.24) is 20.2 Å². The third-order valence-corrected chi connectivity index (χ3v) is 5.15. The van der Waals surface area contributed by atoms with Crippen LogP contribution in [0, 0.1) is 0 Å². The number of phenolic OH excluding ortho intramolecular Hbond substituents is 1. The van der Waals surface area contributed by atoms with Gasteiger partial charge in [0, 0.05) is 25.4 Å². The number of aromatic nitrogens is 2. The van der Waals surface area contributed by atoms with Crippen LogP contribution in [0.1, 0.15) is 24.5 Å². The molecule has 0 bridgehead atoms. The van der Waals surface area contributed by atoms with E-state index in [4.69, 9.17) is 11.5 Å². The lowest BCUT2D eigenvalue weighted by atomic mass is 10.1. The molecule has 0 radical (unpaired) electrons. The molecule has 36 heavy (non-hydrogen) atoms. The largest absolute Gasteiger partial charge is 0.508 e. The van der Waals surface area contributed by atoms with Gasteiger partial charge in [0.15, 0.2) is 0 Å². The van der Waals surface area contributed by atoms with Gasteiger partial charge in [0.2, 0.25) is 17.7 Å². The molecule has 3 rings (SSSR count). The molecule has 0 saturated carbocycles. The van der Waals surface area contributed by atoms with E-state index in [1.165, 1.54) is 18.6 Å². The second-order valence-electron chi connectivity index (χ2n) is 8.21. The van der Waals surface area contributed by atoms with E-state index in [0.717, 1.165) is 17.7 Å². The summed E-state index contributed by atoms with van der Waals surface area (Å²) in [7, 11) is 0. The summed E-state index contributed by atoms with van der Waals surface area (Å²) >= 11 is 0. The Bertz CT molecular complexity index is 1070. The van der Waals surface area contributed by atoms with Crippen LogP contribution >= 0.6 is 0 Å². The average molecular weight is 495 g/mol. The van der Waals surface area contributed by atoms with Gasteiger partial charge in [-0.2, -0.15) is 0 Å². The van der Waals surface area contributed by atoms with Gasteiger partial charge in [0.25, 0.3) is 0 Å². The first-order chi connectivity index (χ1) is 17.3. The first-order valence-electron chi connectivity index (χ1n) is 11.7. The van der Waals surface area contributed by atoms with Crippen LogP contribution in [0.5, 0.6) is 5.75 Å². The van der Waals surface area contributed by atoms with Crippen LogP contribution in [-0.4, -0.2) is 51.0 Å². The number of amides is 3. The van der Waals surface area contributed by atoms with Gasteiger partial charge in [-0.05, 0) is 36.1 Å². The maximum Gasteiger partial charge on any atom is 0.240 e. The van der Waals surface area contributed by atoms with E-state index in [1.807, 2.05) is 42.9 Å². The molecule has 1 aromatic heterocycles. The highest BCUT2D eigenvalue weighted by atomic mass is 16.3. The normalized spacial score (nSPS) is 11.9. The number of hydrogen-bond donors (Lipinski definition) is 5. The fourth-order valence-electron chi connectivity index (χ4n) is 3.27. The molecule has 2 atom stereocenters. The molecule has 0 spiro atoms. The highest BCUT2D eigenvalue weighted by molar-refractivity contribution is 5.90. The summed E-state index contributed by atoms with van der Waals surface area (Å²) in [6.07, 6.45) is 7.31. The van der Waals surface area contributed by atoms with Gasteiger partial charge in [-0.25, -0.2) is 4.98 Å². The molecule has 10 heteroatoms. The topological polar surface area (TPSA) is 165 Å². The van der Waals surface area contributed by atoms with Crippen LogP contribution in [0.25, 0.3) is 0 Å². The van der Waals surface area contributed by atoms with Crippen molar-refractivity contribution in [2.24, 2.45) is 11.5 Å². The Hall–Kier alpha value is -4.18. The van der Waals surface area contributed by atoms with Gasteiger partial charge in [-0.1, -0.05) is 49.4 Å². The number of aryl methyl sites for hydroxylation is 1. The second kappa shape index (κ2) is 14.9. The zero-order valence-electron chi connectivity index (χ0n) is 20.3. The van der Waals surface area contributed by atoms with Crippen LogP contribution in [0.4, 0.5) is 0 Å². The van der Waals surface area contributed by atoms with Gasteiger partial charge in [0.05, 0.1) is 18.9 Å². The minimum Gasteiger partial charge on any atom is -0.508 e. The van der Waals surface area contributed by atoms with Crippen molar-refractivity contribution in [3.63, 3.8) is 0 Å². The lowest BCUT2D eigenvalue weighted by molar-refractivity contribution is -0.129. The molecule has 1 heterocycles. The minimum absolute atomic E-state index is 0.123. The number of imidazole rings is 1. The lowest BCUT2D eigenvalue weighted by Crippen LogP contribution is -2.51. The van der Waals surface area contributed by atoms with E-state index >= 15 is 0 Å². The first kappa shape index (κ1) is 28.1. The molecule has 0 fully saturated rings. The van der Waals surface area contributed by atoms with E-state index in [9.17, 15) is 19.5 Å². The monoisotopic (exact) mass is 494 g/mol. The number of nitrogens with zero attached hydrogens (tertiary/aromatic N) is 2. The third-order valence-electron chi connectivity index (χ3n) is 5.15. The molecule has 3 amide bonds. The lowest BCUT2D eigenvalue weighted by Gasteiger charge is -2.17. The molecule has 0 aliphatic heterocycles. The molecule has 0 aliphatic carbocycles. The molecule has 7 N–H and O–H groups in total. The van der Waals surface area contributed by atoms with Crippen molar-refractivity contribution in [1.29, 1.82) is 0 Å². The van der Waals surface area contributed by atoms with Crippen molar-refractivity contribution in [3.05, 3.63) is 84.4 Å². The van der Waals surface area contributed by atoms with Crippen LogP contribution in [0.15, 0.2) is 73.3 Å². The van der Waals surface area contributed by atoms with E-state index in [0.29, 0.717) is 0 Å². The van der Waals surface area contributed by atoms with Crippen molar-refractivity contribution < 1.29 is 19.5 Å². The molecular weight excluding hydrogens is 460 g/mol. The summed E-state index contributed by atoms with van der Waals surface area (Å²) in [4.78, 5) is 39.6. The fraction of sp³-hybridized carbons (Fsp3) is 0.308. The van der Waals surface area contributed by atoms with Gasteiger partial charge in [-0.3, -0.25) is 14.4 Å². The molecule has 192 valence electrons. The maximum atomic E-state index is 12.1. The van der Waals surface area contributed by atoms with Crippen LogP contribution in [0.3, 0.4) is 0 Å². The Morgan fingerprint density at radius 3 is 2.28 bits per heavy atom. The molecule has 3 aromatic rings. The number of carbonyl (C=O) groups excluding carboxylic acids is 3. The molecule has 10 nitrogen and oxygen atoms in total. The van der Waals surface area contributed by atoms with E-state index in [2.05, 4.69) is 27.1 Å². The Morgan fingerprint density at radius 1 is 1.03 bits per heavy atom. The summed E-state index contributed by atoms with van der Waals surface area (Å²) in [6.45, 7) is 2.92. The molecule has 0 aliphatic rings. The van der Waals surface area contributed by atoms with Crippen molar-refractivity contribution in [3.8, 4) is 5.75 Å². The second-order valence-corrected chi connectivity index (χ2v) is 8.21. The maximum absolute atomic E-state index is 12.1. The molecule has 2 aromatic carbocycles. The van der Waals surface area contributed by atoms with Crippen molar-refractivity contribution in [2.75, 3.05) is 6.54 Å². The fourth-order valence-corrected chi connectivity index (χ4v) is 3.27. The zero-order chi connectivity index (χ0) is 26.3. The van der Waals surface area contributed by atoms with Gasteiger partial charge < -0.3 is 31.8 Å². The summed E-state index contributed by atoms with van der Waals surface area (Å²) in [5.41, 5.74) is 12.8. The molecular formula is C26H34N6O4.